The molecule has 1 rings (SSSR count). The SMILES string of the molecule is CC1(N)C[C@H](N)C[C@H](N)C1. The standard InChI is InChI=1S/C7H17N3/c1-7(10)3-5(8)2-6(9)4-7/h5-6H,2-4,8-10H2,1H3/t5-,6+,7?. The van der Waals surface area contributed by atoms with Gasteiger partial charge in [0, 0.05) is 17.6 Å². The first-order valence-electron chi connectivity index (χ1n) is 3.80. The van der Waals surface area contributed by atoms with Crippen molar-refractivity contribution in [2.24, 2.45) is 17.2 Å². The van der Waals surface area contributed by atoms with Crippen LogP contribution in [0.3, 0.4) is 0 Å². The molecule has 3 atom stereocenters. The zero-order valence-corrected chi connectivity index (χ0v) is 6.51. The molecule has 6 N–H and O–H groups in total. The fourth-order valence-electron chi connectivity index (χ4n) is 1.84. The van der Waals surface area contributed by atoms with Gasteiger partial charge in [0.25, 0.3) is 0 Å². The van der Waals surface area contributed by atoms with Gasteiger partial charge in [-0.05, 0) is 26.2 Å². The zero-order chi connectivity index (χ0) is 7.78. The molecule has 0 spiro atoms. The van der Waals surface area contributed by atoms with E-state index in [2.05, 4.69) is 0 Å². The van der Waals surface area contributed by atoms with Crippen LogP contribution in [0.15, 0.2) is 0 Å². The maximum Gasteiger partial charge on any atom is 0.0155 e. The van der Waals surface area contributed by atoms with Gasteiger partial charge in [0.15, 0.2) is 0 Å². The number of rotatable bonds is 0. The molecule has 1 fully saturated rings. The van der Waals surface area contributed by atoms with Crippen molar-refractivity contribution >= 4 is 0 Å². The molecule has 0 amide bonds. The van der Waals surface area contributed by atoms with E-state index < -0.39 is 0 Å². The lowest BCUT2D eigenvalue weighted by Gasteiger charge is -2.36. The minimum atomic E-state index is -0.128. The normalized spacial score (nSPS) is 49.2. The summed E-state index contributed by atoms with van der Waals surface area (Å²) in [6.07, 6.45) is 2.73. The highest BCUT2D eigenvalue weighted by Crippen LogP contribution is 2.23. The first kappa shape index (κ1) is 7.98. The van der Waals surface area contributed by atoms with Crippen molar-refractivity contribution in [1.29, 1.82) is 0 Å². The molecule has 10 heavy (non-hydrogen) atoms. The summed E-state index contributed by atoms with van der Waals surface area (Å²) in [5.41, 5.74) is 17.3. The predicted octanol–water partition coefficient (Wildman–Crippen LogP) is -0.458. The maximum atomic E-state index is 5.90. The maximum absolute atomic E-state index is 5.90. The molecule has 0 bridgehead atoms. The van der Waals surface area contributed by atoms with Crippen LogP contribution in [0.1, 0.15) is 26.2 Å². The smallest absolute Gasteiger partial charge is 0.0155 e. The van der Waals surface area contributed by atoms with E-state index in [4.69, 9.17) is 17.2 Å². The van der Waals surface area contributed by atoms with Crippen LogP contribution in [0.2, 0.25) is 0 Å². The van der Waals surface area contributed by atoms with Gasteiger partial charge >= 0.3 is 0 Å². The fraction of sp³-hybridized carbons (Fsp3) is 1.00. The van der Waals surface area contributed by atoms with Gasteiger partial charge in [0.2, 0.25) is 0 Å². The Morgan fingerprint density at radius 1 is 1.20 bits per heavy atom. The largest absolute Gasteiger partial charge is 0.328 e. The van der Waals surface area contributed by atoms with Crippen LogP contribution in [0.4, 0.5) is 0 Å². The predicted molar refractivity (Wildman–Crippen MR) is 42.4 cm³/mol. The van der Waals surface area contributed by atoms with Gasteiger partial charge in [-0.1, -0.05) is 0 Å². The fourth-order valence-corrected chi connectivity index (χ4v) is 1.84. The summed E-state index contributed by atoms with van der Waals surface area (Å²) in [7, 11) is 0. The molecule has 0 heterocycles. The van der Waals surface area contributed by atoms with Gasteiger partial charge in [0.1, 0.15) is 0 Å². The molecule has 1 aliphatic rings. The lowest BCUT2D eigenvalue weighted by molar-refractivity contribution is 0.263. The Morgan fingerprint density at radius 2 is 1.60 bits per heavy atom. The molecule has 1 unspecified atom stereocenters. The Labute approximate surface area is 61.9 Å². The molecule has 0 aromatic rings. The van der Waals surface area contributed by atoms with Crippen molar-refractivity contribution in [1.82, 2.24) is 0 Å². The van der Waals surface area contributed by atoms with Crippen molar-refractivity contribution < 1.29 is 0 Å². The molecule has 3 heteroatoms. The van der Waals surface area contributed by atoms with Crippen LogP contribution < -0.4 is 17.2 Å². The minimum Gasteiger partial charge on any atom is -0.328 e. The molecule has 0 saturated heterocycles. The Bertz CT molecular complexity index is 110. The first-order chi connectivity index (χ1) is 4.49. The first-order valence-corrected chi connectivity index (χ1v) is 3.80. The molecule has 1 aliphatic carbocycles. The van der Waals surface area contributed by atoms with E-state index >= 15 is 0 Å². The summed E-state index contributed by atoms with van der Waals surface area (Å²) in [5, 5.41) is 0. The summed E-state index contributed by atoms with van der Waals surface area (Å²) in [6, 6.07) is 0.414. The van der Waals surface area contributed by atoms with Gasteiger partial charge in [-0.15, -0.1) is 0 Å². The molecule has 0 aromatic carbocycles. The van der Waals surface area contributed by atoms with Crippen molar-refractivity contribution in [2.45, 2.75) is 43.8 Å². The average molecular weight is 143 g/mol. The Balaban J connectivity index is 2.51. The molecule has 3 nitrogen and oxygen atoms in total. The lowest BCUT2D eigenvalue weighted by Crippen LogP contribution is -2.52. The van der Waals surface area contributed by atoms with E-state index in [0.717, 1.165) is 19.3 Å². The van der Waals surface area contributed by atoms with Gasteiger partial charge in [-0.25, -0.2) is 0 Å². The van der Waals surface area contributed by atoms with Gasteiger partial charge in [-0.3, -0.25) is 0 Å². The van der Waals surface area contributed by atoms with Crippen molar-refractivity contribution in [2.75, 3.05) is 0 Å². The monoisotopic (exact) mass is 143 g/mol. The van der Waals surface area contributed by atoms with Crippen molar-refractivity contribution in [3.05, 3.63) is 0 Å². The van der Waals surface area contributed by atoms with E-state index in [-0.39, 0.29) is 17.6 Å². The van der Waals surface area contributed by atoms with Crippen LogP contribution in [-0.2, 0) is 0 Å². The Kier molecular flexibility index (Phi) is 1.99. The van der Waals surface area contributed by atoms with E-state index in [0.29, 0.717) is 0 Å². The second-order valence-corrected chi connectivity index (χ2v) is 3.82. The average Bonchev–Trinajstić information content (AvgIpc) is 1.54. The van der Waals surface area contributed by atoms with E-state index in [9.17, 15) is 0 Å². The van der Waals surface area contributed by atoms with Crippen LogP contribution in [0.25, 0.3) is 0 Å². The zero-order valence-electron chi connectivity index (χ0n) is 6.51. The van der Waals surface area contributed by atoms with Crippen LogP contribution in [0.5, 0.6) is 0 Å². The number of hydrogen-bond acceptors (Lipinski definition) is 3. The highest BCUT2D eigenvalue weighted by atomic mass is 14.8. The molecule has 0 radical (unpaired) electrons. The lowest BCUT2D eigenvalue weighted by atomic mass is 9.79. The topological polar surface area (TPSA) is 78.1 Å². The highest BCUT2D eigenvalue weighted by molar-refractivity contribution is 4.93. The van der Waals surface area contributed by atoms with Crippen molar-refractivity contribution in [3.63, 3.8) is 0 Å². The van der Waals surface area contributed by atoms with Crippen LogP contribution in [0, 0.1) is 0 Å². The third-order valence-electron chi connectivity index (χ3n) is 2.06. The Hall–Kier alpha value is -0.120. The third kappa shape index (κ3) is 1.94. The Morgan fingerprint density at radius 3 is 1.90 bits per heavy atom. The second-order valence-electron chi connectivity index (χ2n) is 3.82. The quantitative estimate of drug-likeness (QED) is 0.429. The summed E-state index contributed by atoms with van der Waals surface area (Å²) in [5.74, 6) is 0. The second kappa shape index (κ2) is 2.49. The van der Waals surface area contributed by atoms with Gasteiger partial charge in [-0.2, -0.15) is 0 Å². The molecular formula is C7H17N3. The molecule has 0 aromatic heterocycles. The highest BCUT2D eigenvalue weighted by Gasteiger charge is 2.30. The molecule has 0 aliphatic heterocycles. The number of nitrogens with two attached hydrogens (primary N) is 3. The van der Waals surface area contributed by atoms with Crippen LogP contribution in [-0.4, -0.2) is 17.6 Å². The van der Waals surface area contributed by atoms with Crippen molar-refractivity contribution in [3.8, 4) is 0 Å². The van der Waals surface area contributed by atoms with Gasteiger partial charge < -0.3 is 17.2 Å². The van der Waals surface area contributed by atoms with Crippen LogP contribution >= 0.6 is 0 Å². The minimum absolute atomic E-state index is 0.128. The van der Waals surface area contributed by atoms with E-state index in [1.54, 1.807) is 0 Å². The molecular weight excluding hydrogens is 126 g/mol. The summed E-state index contributed by atoms with van der Waals surface area (Å²) >= 11 is 0. The molecule has 1 saturated carbocycles. The number of hydrogen-bond donors (Lipinski definition) is 3. The third-order valence-corrected chi connectivity index (χ3v) is 2.06. The van der Waals surface area contributed by atoms with E-state index in [1.807, 2.05) is 6.92 Å². The summed E-state index contributed by atoms with van der Waals surface area (Å²) in [4.78, 5) is 0. The van der Waals surface area contributed by atoms with Gasteiger partial charge in [0.05, 0.1) is 0 Å². The summed E-state index contributed by atoms with van der Waals surface area (Å²) in [6.45, 7) is 2.02. The van der Waals surface area contributed by atoms with E-state index in [1.165, 1.54) is 0 Å². The molecule has 60 valence electrons. The summed E-state index contributed by atoms with van der Waals surface area (Å²) < 4.78 is 0.